The van der Waals surface area contributed by atoms with Crippen molar-refractivity contribution in [1.82, 2.24) is 0 Å². The van der Waals surface area contributed by atoms with E-state index < -0.39 is 0 Å². The van der Waals surface area contributed by atoms with Gasteiger partial charge in [0.15, 0.2) is 0 Å². The molecular formula is C15H20N2. The van der Waals surface area contributed by atoms with Gasteiger partial charge in [-0.15, -0.1) is 0 Å². The van der Waals surface area contributed by atoms with E-state index in [1.807, 2.05) is 69.4 Å². The Balaban J connectivity index is 4.71. The molecule has 0 aliphatic heterocycles. The topological polar surface area (TPSA) is 24.7 Å². The summed E-state index contributed by atoms with van der Waals surface area (Å²) in [6.45, 7) is 9.54. The van der Waals surface area contributed by atoms with E-state index in [-0.39, 0.29) is 0 Å². The Bertz CT molecular complexity index is 391. The molecule has 0 atom stereocenters. The Morgan fingerprint density at radius 3 is 2.06 bits per heavy atom. The van der Waals surface area contributed by atoms with Gasteiger partial charge < -0.3 is 0 Å². The van der Waals surface area contributed by atoms with Crippen LogP contribution in [0, 0.1) is 0 Å². The molecule has 0 unspecified atom stereocenters. The summed E-state index contributed by atoms with van der Waals surface area (Å²) in [5, 5.41) is 8.23. The van der Waals surface area contributed by atoms with Crippen molar-refractivity contribution in [1.29, 1.82) is 0 Å². The fourth-order valence-corrected chi connectivity index (χ4v) is 0.905. The molecule has 0 heterocycles. The molecule has 0 aromatic carbocycles. The zero-order valence-corrected chi connectivity index (χ0v) is 10.8. The van der Waals surface area contributed by atoms with E-state index in [2.05, 4.69) is 16.8 Å². The van der Waals surface area contributed by atoms with Crippen molar-refractivity contribution in [2.24, 2.45) is 10.2 Å². The van der Waals surface area contributed by atoms with Crippen LogP contribution in [0.5, 0.6) is 0 Å². The second kappa shape index (κ2) is 10.6. The molecule has 0 aliphatic rings. The Morgan fingerprint density at radius 1 is 0.882 bits per heavy atom. The van der Waals surface area contributed by atoms with E-state index in [0.29, 0.717) is 0 Å². The minimum absolute atomic E-state index is 0.738. The summed E-state index contributed by atoms with van der Waals surface area (Å²) in [5.74, 6) is 0. The minimum Gasteiger partial charge on any atom is -0.151 e. The van der Waals surface area contributed by atoms with Crippen molar-refractivity contribution < 1.29 is 0 Å². The third-order valence-corrected chi connectivity index (χ3v) is 1.82. The molecule has 0 spiro atoms. The SMILES string of the molecule is C=CC(=C\C=C/C)/N=N/C(/C=C\C=C/C)=C/C. The first kappa shape index (κ1) is 15.0. The molecular weight excluding hydrogens is 208 g/mol. The van der Waals surface area contributed by atoms with Crippen LogP contribution < -0.4 is 0 Å². The molecule has 0 aromatic heterocycles. The second-order valence-electron chi connectivity index (χ2n) is 3.12. The molecule has 0 N–H and O–H groups in total. The van der Waals surface area contributed by atoms with Crippen LogP contribution in [-0.2, 0) is 0 Å². The number of rotatable bonds is 6. The summed E-state index contributed by atoms with van der Waals surface area (Å²) in [7, 11) is 0. The second-order valence-corrected chi connectivity index (χ2v) is 3.12. The van der Waals surface area contributed by atoms with Gasteiger partial charge in [-0.1, -0.05) is 43.0 Å². The largest absolute Gasteiger partial charge is 0.151 e. The predicted molar refractivity (Wildman–Crippen MR) is 75.7 cm³/mol. The van der Waals surface area contributed by atoms with Gasteiger partial charge in [-0.2, -0.15) is 10.2 Å². The van der Waals surface area contributed by atoms with Gasteiger partial charge in [0, 0.05) is 0 Å². The Hall–Kier alpha value is -1.96. The van der Waals surface area contributed by atoms with Gasteiger partial charge in [-0.3, -0.25) is 0 Å². The van der Waals surface area contributed by atoms with Crippen molar-refractivity contribution in [2.45, 2.75) is 20.8 Å². The summed E-state index contributed by atoms with van der Waals surface area (Å²) in [6, 6.07) is 0. The van der Waals surface area contributed by atoms with E-state index in [4.69, 9.17) is 0 Å². The van der Waals surface area contributed by atoms with E-state index in [1.165, 1.54) is 0 Å². The lowest BCUT2D eigenvalue weighted by Gasteiger charge is -1.91. The Morgan fingerprint density at radius 2 is 1.53 bits per heavy atom. The molecule has 0 bridgehead atoms. The molecule has 0 fully saturated rings. The normalized spacial score (nSPS) is 14.8. The number of nitrogens with zero attached hydrogens (tertiary/aromatic N) is 2. The highest BCUT2D eigenvalue weighted by atomic mass is 15.1. The molecule has 90 valence electrons. The number of hydrogen-bond acceptors (Lipinski definition) is 2. The lowest BCUT2D eigenvalue weighted by atomic mass is 10.3. The van der Waals surface area contributed by atoms with Crippen LogP contribution in [0.1, 0.15) is 20.8 Å². The maximum Gasteiger partial charge on any atom is 0.0851 e. The maximum absolute atomic E-state index is 4.13. The van der Waals surface area contributed by atoms with Crippen LogP contribution >= 0.6 is 0 Å². The predicted octanol–water partition coefficient (Wildman–Crippen LogP) is 5.12. The smallest absolute Gasteiger partial charge is 0.0851 e. The highest BCUT2D eigenvalue weighted by Gasteiger charge is 1.87. The summed E-state index contributed by atoms with van der Waals surface area (Å²) in [6.07, 6.45) is 17.0. The zero-order chi connectivity index (χ0) is 12.9. The highest BCUT2D eigenvalue weighted by Crippen LogP contribution is 2.06. The van der Waals surface area contributed by atoms with Crippen LogP contribution in [0.3, 0.4) is 0 Å². The number of allylic oxidation sites excluding steroid dienone is 9. The molecule has 17 heavy (non-hydrogen) atoms. The van der Waals surface area contributed by atoms with Crippen LogP contribution in [0.2, 0.25) is 0 Å². The molecule has 0 aromatic rings. The van der Waals surface area contributed by atoms with Crippen LogP contribution in [-0.4, -0.2) is 0 Å². The third kappa shape index (κ3) is 7.91. The monoisotopic (exact) mass is 228 g/mol. The molecule has 0 amide bonds. The molecule has 0 aliphatic carbocycles. The minimum atomic E-state index is 0.738. The fourth-order valence-electron chi connectivity index (χ4n) is 0.905. The summed E-state index contributed by atoms with van der Waals surface area (Å²) in [4.78, 5) is 0. The molecule has 0 saturated carbocycles. The van der Waals surface area contributed by atoms with Crippen molar-refractivity contribution in [2.75, 3.05) is 0 Å². The average molecular weight is 228 g/mol. The Kier molecular flexibility index (Phi) is 9.34. The summed E-state index contributed by atoms with van der Waals surface area (Å²) >= 11 is 0. The van der Waals surface area contributed by atoms with Gasteiger partial charge in [0.05, 0.1) is 11.4 Å². The van der Waals surface area contributed by atoms with Gasteiger partial charge in [0.2, 0.25) is 0 Å². The molecule has 0 rings (SSSR count). The van der Waals surface area contributed by atoms with Crippen molar-refractivity contribution in [3.63, 3.8) is 0 Å². The number of azo groups is 1. The van der Waals surface area contributed by atoms with E-state index in [0.717, 1.165) is 11.4 Å². The highest BCUT2D eigenvalue weighted by molar-refractivity contribution is 5.23. The van der Waals surface area contributed by atoms with Crippen molar-refractivity contribution in [3.8, 4) is 0 Å². The quantitative estimate of drug-likeness (QED) is 0.445. The van der Waals surface area contributed by atoms with Crippen molar-refractivity contribution >= 4 is 0 Å². The van der Waals surface area contributed by atoms with Gasteiger partial charge in [0.1, 0.15) is 0 Å². The third-order valence-electron chi connectivity index (χ3n) is 1.82. The first-order valence-corrected chi connectivity index (χ1v) is 5.61. The van der Waals surface area contributed by atoms with E-state index in [9.17, 15) is 0 Å². The summed E-state index contributed by atoms with van der Waals surface area (Å²) < 4.78 is 0. The van der Waals surface area contributed by atoms with Crippen LogP contribution in [0.15, 0.2) is 82.9 Å². The average Bonchev–Trinajstić information content (AvgIpc) is 2.36. The molecule has 2 heteroatoms. The van der Waals surface area contributed by atoms with Gasteiger partial charge >= 0.3 is 0 Å². The Labute approximate surface area is 104 Å². The van der Waals surface area contributed by atoms with Gasteiger partial charge in [0.25, 0.3) is 0 Å². The lowest BCUT2D eigenvalue weighted by Crippen LogP contribution is -1.72. The van der Waals surface area contributed by atoms with E-state index in [1.54, 1.807) is 6.08 Å². The lowest BCUT2D eigenvalue weighted by molar-refractivity contribution is 1.12. The molecule has 2 nitrogen and oxygen atoms in total. The fraction of sp³-hybridized carbons (Fsp3) is 0.200. The molecule has 0 saturated heterocycles. The van der Waals surface area contributed by atoms with Gasteiger partial charge in [-0.25, -0.2) is 0 Å². The zero-order valence-electron chi connectivity index (χ0n) is 10.8. The first-order valence-electron chi connectivity index (χ1n) is 5.61. The van der Waals surface area contributed by atoms with Gasteiger partial charge in [-0.05, 0) is 39.0 Å². The number of hydrogen-bond donors (Lipinski definition) is 0. The van der Waals surface area contributed by atoms with Crippen LogP contribution in [0.4, 0.5) is 0 Å². The summed E-state index contributed by atoms with van der Waals surface area (Å²) in [5.41, 5.74) is 1.55. The molecule has 0 radical (unpaired) electrons. The standard InChI is InChI=1S/C15H20N2/c1-5-9-11-13-15(8-4)17-16-14(7-3)12-10-6-2/h5-13H,3H2,1-2,4H3/b9-5-,10-6-,13-11-,14-12+,15-8+,17-16+. The van der Waals surface area contributed by atoms with E-state index >= 15 is 0 Å². The maximum atomic E-state index is 4.13. The van der Waals surface area contributed by atoms with Crippen LogP contribution in [0.25, 0.3) is 0 Å². The first-order chi connectivity index (χ1) is 8.28. The van der Waals surface area contributed by atoms with Crippen molar-refractivity contribution in [3.05, 3.63) is 72.7 Å².